The SMILES string of the molecule is CCCCC/C=C\C/C=C\CC(O)/C=C\C=C\CCCC(=O)OC[C@H](COP(=O)(O)OC1[C@H](O)[C@H](O)C(O)[C@H](O)[C@H]1O)OC(=O)CCCCCCCCCCCCCCCCC. The molecule has 0 aliphatic heterocycles. The number of allylic oxidation sites excluding steroid dienone is 6. The van der Waals surface area contributed by atoms with Crippen molar-refractivity contribution in [2.45, 2.75) is 223 Å². The second-order valence-electron chi connectivity index (χ2n) is 16.5. The van der Waals surface area contributed by atoms with E-state index in [4.69, 9.17) is 18.5 Å². The third-order valence-electron chi connectivity index (χ3n) is 10.8. The average Bonchev–Trinajstić information content (AvgIpc) is 3.25. The van der Waals surface area contributed by atoms with Gasteiger partial charge in [-0.2, -0.15) is 0 Å². The molecule has 1 aliphatic carbocycles. The topological polar surface area (TPSA) is 230 Å². The molecule has 0 saturated heterocycles. The van der Waals surface area contributed by atoms with Crippen molar-refractivity contribution in [1.29, 1.82) is 0 Å². The number of esters is 2. The number of hydrogen-bond acceptors (Lipinski definition) is 13. The Morgan fingerprint density at radius 3 is 1.68 bits per heavy atom. The van der Waals surface area contributed by atoms with Gasteiger partial charge in [-0.1, -0.05) is 165 Å². The van der Waals surface area contributed by atoms with Gasteiger partial charge in [-0.15, -0.1) is 0 Å². The first-order valence-corrected chi connectivity index (χ1v) is 25.0. The highest BCUT2D eigenvalue weighted by molar-refractivity contribution is 7.47. The van der Waals surface area contributed by atoms with Crippen molar-refractivity contribution in [2.75, 3.05) is 13.2 Å². The van der Waals surface area contributed by atoms with E-state index >= 15 is 0 Å². The van der Waals surface area contributed by atoms with Gasteiger partial charge in [0.25, 0.3) is 0 Å². The smallest absolute Gasteiger partial charge is 0.462 e. The molecule has 0 spiro atoms. The predicted octanol–water partition coefficient (Wildman–Crippen LogP) is 8.14. The van der Waals surface area contributed by atoms with Crippen molar-refractivity contribution in [3.8, 4) is 0 Å². The summed E-state index contributed by atoms with van der Waals surface area (Å²) in [6, 6.07) is 0. The molecular weight excluding hydrogens is 819 g/mol. The van der Waals surface area contributed by atoms with E-state index in [1.165, 1.54) is 83.5 Å². The number of phosphoric ester groups is 1. The van der Waals surface area contributed by atoms with E-state index in [0.29, 0.717) is 25.7 Å². The monoisotopic (exact) mass is 903 g/mol. The summed E-state index contributed by atoms with van der Waals surface area (Å²) in [5, 5.41) is 60.3. The van der Waals surface area contributed by atoms with E-state index in [2.05, 4.69) is 26.0 Å². The zero-order valence-corrected chi connectivity index (χ0v) is 38.7. The molecule has 14 nitrogen and oxygen atoms in total. The van der Waals surface area contributed by atoms with E-state index in [0.717, 1.165) is 38.5 Å². The number of carbonyl (C=O) groups is 2. The summed E-state index contributed by atoms with van der Waals surface area (Å²) in [7, 11) is -5.15. The molecule has 0 heterocycles. The van der Waals surface area contributed by atoms with E-state index in [1.807, 2.05) is 18.2 Å². The number of aliphatic hydroxyl groups excluding tert-OH is 6. The van der Waals surface area contributed by atoms with Crippen molar-refractivity contribution >= 4 is 19.8 Å². The molecule has 7 N–H and O–H groups in total. The van der Waals surface area contributed by atoms with Crippen molar-refractivity contribution < 1.29 is 68.2 Å². The Bertz CT molecular complexity index is 1290. The molecule has 9 atom stereocenters. The lowest BCUT2D eigenvalue weighted by atomic mass is 9.85. The fraction of sp³-hybridized carbons (Fsp3) is 0.787. The normalized spacial score (nSPS) is 22.8. The molecule has 0 bridgehead atoms. The zero-order valence-electron chi connectivity index (χ0n) is 37.8. The van der Waals surface area contributed by atoms with E-state index in [9.17, 15) is 49.7 Å². The maximum absolute atomic E-state index is 12.8. The van der Waals surface area contributed by atoms with Crippen LogP contribution in [0.3, 0.4) is 0 Å². The van der Waals surface area contributed by atoms with E-state index in [-0.39, 0.29) is 12.8 Å². The number of carbonyl (C=O) groups excluding carboxylic acids is 2. The van der Waals surface area contributed by atoms with Crippen LogP contribution in [-0.4, -0.2) is 110 Å². The summed E-state index contributed by atoms with van der Waals surface area (Å²) in [5.74, 6) is -1.23. The lowest BCUT2D eigenvalue weighted by Crippen LogP contribution is -2.64. The van der Waals surface area contributed by atoms with Crippen LogP contribution in [0.4, 0.5) is 0 Å². The van der Waals surface area contributed by atoms with Crippen molar-refractivity contribution in [3.05, 3.63) is 48.6 Å². The van der Waals surface area contributed by atoms with Crippen LogP contribution in [0.1, 0.15) is 174 Å². The van der Waals surface area contributed by atoms with Crippen LogP contribution in [0, 0.1) is 0 Å². The van der Waals surface area contributed by atoms with Gasteiger partial charge >= 0.3 is 19.8 Å². The van der Waals surface area contributed by atoms with Gasteiger partial charge in [0.15, 0.2) is 6.10 Å². The van der Waals surface area contributed by atoms with Gasteiger partial charge in [0.05, 0.1) is 12.7 Å². The molecule has 0 amide bonds. The van der Waals surface area contributed by atoms with Crippen LogP contribution in [0.5, 0.6) is 0 Å². The van der Waals surface area contributed by atoms with Crippen molar-refractivity contribution in [3.63, 3.8) is 0 Å². The van der Waals surface area contributed by atoms with E-state index < -0.39 is 81.8 Å². The molecule has 0 aromatic carbocycles. The largest absolute Gasteiger partial charge is 0.472 e. The average molecular weight is 903 g/mol. The molecule has 360 valence electrons. The second kappa shape index (κ2) is 37.0. The Kier molecular flexibility index (Phi) is 34.5. The summed E-state index contributed by atoms with van der Waals surface area (Å²) >= 11 is 0. The van der Waals surface area contributed by atoms with Crippen LogP contribution in [0.2, 0.25) is 0 Å². The van der Waals surface area contributed by atoms with Gasteiger partial charge in [0, 0.05) is 12.8 Å². The minimum atomic E-state index is -5.15. The first kappa shape index (κ1) is 57.8. The van der Waals surface area contributed by atoms with Gasteiger partial charge < -0.3 is 45.0 Å². The molecule has 15 heteroatoms. The zero-order chi connectivity index (χ0) is 45.9. The van der Waals surface area contributed by atoms with Crippen molar-refractivity contribution in [2.24, 2.45) is 0 Å². The van der Waals surface area contributed by atoms with E-state index in [1.54, 1.807) is 18.2 Å². The number of unbranched alkanes of at least 4 members (excludes halogenated alkanes) is 18. The Morgan fingerprint density at radius 2 is 1.08 bits per heavy atom. The quantitative estimate of drug-likeness (QED) is 0.0102. The van der Waals surface area contributed by atoms with Crippen LogP contribution in [0.25, 0.3) is 0 Å². The first-order chi connectivity index (χ1) is 29.8. The lowest BCUT2D eigenvalue weighted by Gasteiger charge is -2.41. The van der Waals surface area contributed by atoms with Crippen LogP contribution >= 0.6 is 7.82 Å². The third-order valence-corrected chi connectivity index (χ3v) is 11.7. The third kappa shape index (κ3) is 29.3. The Balaban J connectivity index is 2.53. The number of ether oxygens (including phenoxy) is 2. The van der Waals surface area contributed by atoms with Gasteiger partial charge in [0.1, 0.15) is 43.2 Å². The predicted molar refractivity (Wildman–Crippen MR) is 241 cm³/mol. The first-order valence-electron chi connectivity index (χ1n) is 23.5. The number of phosphoric acid groups is 1. The van der Waals surface area contributed by atoms with Crippen LogP contribution in [0.15, 0.2) is 48.6 Å². The second-order valence-corrected chi connectivity index (χ2v) is 17.9. The van der Waals surface area contributed by atoms with Crippen LogP contribution in [-0.2, 0) is 32.7 Å². The highest BCUT2D eigenvalue weighted by atomic mass is 31.2. The highest BCUT2D eigenvalue weighted by Gasteiger charge is 2.51. The molecule has 1 saturated carbocycles. The molecule has 4 unspecified atom stereocenters. The fourth-order valence-corrected chi connectivity index (χ4v) is 7.86. The molecule has 1 aliphatic rings. The Morgan fingerprint density at radius 1 is 0.581 bits per heavy atom. The Labute approximate surface area is 372 Å². The number of rotatable bonds is 38. The van der Waals surface area contributed by atoms with Gasteiger partial charge in [0.2, 0.25) is 0 Å². The summed E-state index contributed by atoms with van der Waals surface area (Å²) in [6.07, 6.45) is 26.1. The summed E-state index contributed by atoms with van der Waals surface area (Å²) in [6.45, 7) is 3.15. The molecular formula is C47H83O14P. The summed E-state index contributed by atoms with van der Waals surface area (Å²) in [5.41, 5.74) is 0. The minimum Gasteiger partial charge on any atom is -0.462 e. The maximum Gasteiger partial charge on any atom is 0.472 e. The highest BCUT2D eigenvalue weighted by Crippen LogP contribution is 2.47. The fourth-order valence-electron chi connectivity index (χ4n) is 6.89. The molecule has 62 heavy (non-hydrogen) atoms. The number of hydrogen-bond donors (Lipinski definition) is 7. The molecule has 0 radical (unpaired) electrons. The molecule has 0 aromatic rings. The Hall–Kier alpha value is -2.23. The molecule has 0 aromatic heterocycles. The van der Waals surface area contributed by atoms with Gasteiger partial charge in [-0.25, -0.2) is 4.57 Å². The summed E-state index contributed by atoms with van der Waals surface area (Å²) < 4.78 is 33.4. The minimum absolute atomic E-state index is 0.0325. The molecule has 1 rings (SSSR count). The number of aliphatic hydroxyl groups is 6. The van der Waals surface area contributed by atoms with Crippen molar-refractivity contribution in [1.82, 2.24) is 0 Å². The van der Waals surface area contributed by atoms with Gasteiger partial charge in [-0.3, -0.25) is 18.6 Å². The summed E-state index contributed by atoms with van der Waals surface area (Å²) in [4.78, 5) is 35.7. The maximum atomic E-state index is 12.8. The van der Waals surface area contributed by atoms with Gasteiger partial charge in [-0.05, 0) is 44.9 Å². The van der Waals surface area contributed by atoms with Crippen LogP contribution < -0.4 is 0 Å². The lowest BCUT2D eigenvalue weighted by molar-refractivity contribution is -0.220. The molecule has 1 fully saturated rings. The standard InChI is InChI=1S/C47H83O14P/c1-3-5-7-9-11-13-14-15-16-17-18-20-22-26-31-35-41(50)60-39(37-59-62(56,57)61-47-45(54)43(52)42(51)44(53)46(47)55)36-58-40(49)34-30-27-23-25-29-33-38(48)32-28-24-21-19-12-10-8-6-4-2/h12,19,23-25,28-29,33,38-39,42-48,51-55H,3-11,13-18,20-22,26-27,30-32,34-37H2,1-2H3,(H,56,57)/b19-12-,25-23+,28-24-,33-29-/t38?,39-,42?,43-,44+,45-,46-,47?/m1/s1.